The highest BCUT2D eigenvalue weighted by atomic mass is 16.5. The van der Waals surface area contributed by atoms with Crippen LogP contribution in [0.15, 0.2) is 0 Å². The fourth-order valence-corrected chi connectivity index (χ4v) is 1.20. The molecule has 16 heavy (non-hydrogen) atoms. The second kappa shape index (κ2) is 8.01. The molecule has 0 saturated carbocycles. The predicted octanol–water partition coefficient (Wildman–Crippen LogP) is 1.18. The van der Waals surface area contributed by atoms with Gasteiger partial charge in [0.05, 0.1) is 24.4 Å². The zero-order valence-corrected chi connectivity index (χ0v) is 11.2. The second-order valence-electron chi connectivity index (χ2n) is 5.00. The average molecular weight is 233 g/mol. The summed E-state index contributed by atoms with van der Waals surface area (Å²) in [6.07, 6.45) is -0.284. The van der Waals surface area contributed by atoms with Crippen molar-refractivity contribution in [1.29, 1.82) is 0 Å². The van der Waals surface area contributed by atoms with Crippen molar-refractivity contribution in [3.05, 3.63) is 0 Å². The van der Waals surface area contributed by atoms with Gasteiger partial charge in [-0.15, -0.1) is 0 Å². The van der Waals surface area contributed by atoms with Crippen molar-refractivity contribution in [2.75, 3.05) is 26.3 Å². The SMILES string of the molecule is CCOC(C)CNCC(O)COC(C)(C)C. The van der Waals surface area contributed by atoms with Crippen molar-refractivity contribution in [3.63, 3.8) is 0 Å². The molecule has 0 aromatic carbocycles. The van der Waals surface area contributed by atoms with E-state index in [0.717, 1.165) is 13.2 Å². The van der Waals surface area contributed by atoms with Gasteiger partial charge in [-0.2, -0.15) is 0 Å². The molecule has 0 amide bonds. The summed E-state index contributed by atoms with van der Waals surface area (Å²) in [7, 11) is 0. The first kappa shape index (κ1) is 15.8. The highest BCUT2D eigenvalue weighted by molar-refractivity contribution is 4.65. The van der Waals surface area contributed by atoms with Crippen molar-refractivity contribution < 1.29 is 14.6 Å². The van der Waals surface area contributed by atoms with Crippen LogP contribution in [-0.4, -0.2) is 49.2 Å². The van der Waals surface area contributed by atoms with Gasteiger partial charge >= 0.3 is 0 Å². The van der Waals surface area contributed by atoms with Crippen LogP contribution in [0.3, 0.4) is 0 Å². The first-order valence-electron chi connectivity index (χ1n) is 5.99. The number of rotatable bonds is 8. The maximum absolute atomic E-state index is 9.63. The van der Waals surface area contributed by atoms with Gasteiger partial charge in [-0.3, -0.25) is 0 Å². The van der Waals surface area contributed by atoms with E-state index < -0.39 is 6.10 Å². The maximum atomic E-state index is 9.63. The maximum Gasteiger partial charge on any atom is 0.0897 e. The van der Waals surface area contributed by atoms with Gasteiger partial charge in [-0.25, -0.2) is 0 Å². The quantitative estimate of drug-likeness (QED) is 0.661. The van der Waals surface area contributed by atoms with Gasteiger partial charge in [-0.05, 0) is 34.6 Å². The standard InChI is InChI=1S/C12H27NO3/c1-6-15-10(2)7-13-8-11(14)9-16-12(3,4)5/h10-11,13-14H,6-9H2,1-5H3. The molecule has 0 bridgehead atoms. The number of ether oxygens (including phenoxy) is 2. The first-order chi connectivity index (χ1) is 7.35. The number of hydrogen-bond acceptors (Lipinski definition) is 4. The monoisotopic (exact) mass is 233 g/mol. The highest BCUT2D eigenvalue weighted by Gasteiger charge is 2.13. The summed E-state index contributed by atoms with van der Waals surface area (Å²) in [5.74, 6) is 0. The molecule has 0 aromatic rings. The third kappa shape index (κ3) is 10.4. The molecule has 0 aliphatic carbocycles. The van der Waals surface area contributed by atoms with Crippen molar-refractivity contribution in [2.45, 2.75) is 52.4 Å². The van der Waals surface area contributed by atoms with Crippen molar-refractivity contribution in [2.24, 2.45) is 0 Å². The molecule has 0 heterocycles. The Kier molecular flexibility index (Phi) is 7.93. The third-order valence-electron chi connectivity index (χ3n) is 1.97. The lowest BCUT2D eigenvalue weighted by Gasteiger charge is -2.22. The van der Waals surface area contributed by atoms with Gasteiger partial charge in [0.2, 0.25) is 0 Å². The fraction of sp³-hybridized carbons (Fsp3) is 1.00. The molecule has 0 aliphatic rings. The van der Waals surface area contributed by atoms with Crippen LogP contribution in [0.1, 0.15) is 34.6 Å². The van der Waals surface area contributed by atoms with Gasteiger partial charge in [0, 0.05) is 19.7 Å². The topological polar surface area (TPSA) is 50.7 Å². The van der Waals surface area contributed by atoms with Crippen molar-refractivity contribution in [1.82, 2.24) is 5.32 Å². The number of nitrogens with one attached hydrogen (secondary N) is 1. The van der Waals surface area contributed by atoms with Crippen LogP contribution in [-0.2, 0) is 9.47 Å². The summed E-state index contributed by atoms with van der Waals surface area (Å²) < 4.78 is 10.8. The van der Waals surface area contributed by atoms with E-state index in [1.807, 2.05) is 34.6 Å². The molecule has 0 aromatic heterocycles. The van der Waals surface area contributed by atoms with Crippen LogP contribution >= 0.6 is 0 Å². The van der Waals surface area contributed by atoms with Crippen LogP contribution in [0.2, 0.25) is 0 Å². The Hall–Kier alpha value is -0.160. The molecule has 0 radical (unpaired) electrons. The lowest BCUT2D eigenvalue weighted by atomic mass is 10.2. The molecule has 98 valence electrons. The molecule has 2 atom stereocenters. The number of hydrogen-bond donors (Lipinski definition) is 2. The summed E-state index contributed by atoms with van der Waals surface area (Å²) in [6.45, 7) is 12.3. The Morgan fingerprint density at radius 3 is 2.38 bits per heavy atom. The second-order valence-corrected chi connectivity index (χ2v) is 5.00. The lowest BCUT2D eigenvalue weighted by Crippen LogP contribution is -2.37. The predicted molar refractivity (Wildman–Crippen MR) is 65.7 cm³/mol. The Labute approximate surface area is 99.3 Å². The molecule has 0 rings (SSSR count). The Morgan fingerprint density at radius 2 is 1.88 bits per heavy atom. The van der Waals surface area contributed by atoms with Gasteiger partial charge in [0.25, 0.3) is 0 Å². The third-order valence-corrected chi connectivity index (χ3v) is 1.97. The molecule has 2 N–H and O–H groups in total. The van der Waals surface area contributed by atoms with E-state index in [1.165, 1.54) is 0 Å². The minimum atomic E-state index is -0.465. The van der Waals surface area contributed by atoms with Gasteiger partial charge in [0.15, 0.2) is 0 Å². The van der Waals surface area contributed by atoms with E-state index in [4.69, 9.17) is 9.47 Å². The zero-order chi connectivity index (χ0) is 12.6. The van der Waals surface area contributed by atoms with Crippen LogP contribution in [0.25, 0.3) is 0 Å². The molecule has 0 saturated heterocycles. The molecular formula is C12H27NO3. The minimum Gasteiger partial charge on any atom is -0.389 e. The lowest BCUT2D eigenvalue weighted by molar-refractivity contribution is -0.0485. The smallest absolute Gasteiger partial charge is 0.0897 e. The molecule has 2 unspecified atom stereocenters. The van der Waals surface area contributed by atoms with Crippen molar-refractivity contribution >= 4 is 0 Å². The molecule has 0 fully saturated rings. The minimum absolute atomic E-state index is 0.181. The van der Waals surface area contributed by atoms with Gasteiger partial charge in [0.1, 0.15) is 0 Å². The number of aliphatic hydroxyl groups is 1. The summed E-state index contributed by atoms with van der Waals surface area (Å²) in [4.78, 5) is 0. The molecule has 4 heteroatoms. The summed E-state index contributed by atoms with van der Waals surface area (Å²) >= 11 is 0. The van der Waals surface area contributed by atoms with E-state index in [2.05, 4.69) is 5.32 Å². The van der Waals surface area contributed by atoms with Gasteiger partial charge in [-0.1, -0.05) is 0 Å². The van der Waals surface area contributed by atoms with Gasteiger partial charge < -0.3 is 19.9 Å². The number of aliphatic hydroxyl groups excluding tert-OH is 1. The largest absolute Gasteiger partial charge is 0.389 e. The van der Waals surface area contributed by atoms with E-state index in [1.54, 1.807) is 0 Å². The molecule has 0 aliphatic heterocycles. The highest BCUT2D eigenvalue weighted by Crippen LogP contribution is 2.06. The van der Waals surface area contributed by atoms with E-state index in [-0.39, 0.29) is 11.7 Å². The molecule has 0 spiro atoms. The zero-order valence-electron chi connectivity index (χ0n) is 11.2. The Morgan fingerprint density at radius 1 is 1.25 bits per heavy atom. The van der Waals surface area contributed by atoms with Crippen LogP contribution in [0.5, 0.6) is 0 Å². The van der Waals surface area contributed by atoms with Crippen LogP contribution < -0.4 is 5.32 Å². The van der Waals surface area contributed by atoms with Crippen molar-refractivity contribution in [3.8, 4) is 0 Å². The van der Waals surface area contributed by atoms with Crippen LogP contribution in [0, 0.1) is 0 Å². The summed E-state index contributed by atoms with van der Waals surface area (Å²) in [5.41, 5.74) is -0.195. The Balaban J connectivity index is 3.47. The molecule has 4 nitrogen and oxygen atoms in total. The van der Waals surface area contributed by atoms with E-state index in [9.17, 15) is 5.11 Å². The van der Waals surface area contributed by atoms with E-state index in [0.29, 0.717) is 13.2 Å². The first-order valence-corrected chi connectivity index (χ1v) is 5.99. The van der Waals surface area contributed by atoms with Crippen LogP contribution in [0.4, 0.5) is 0 Å². The normalized spacial score (nSPS) is 16.1. The fourth-order valence-electron chi connectivity index (χ4n) is 1.20. The average Bonchev–Trinajstić information content (AvgIpc) is 2.14. The summed E-state index contributed by atoms with van der Waals surface area (Å²) in [5, 5.41) is 12.8. The summed E-state index contributed by atoms with van der Waals surface area (Å²) in [6, 6.07) is 0. The Bertz CT molecular complexity index is 168. The molecular weight excluding hydrogens is 206 g/mol. The van der Waals surface area contributed by atoms with E-state index >= 15 is 0 Å².